The van der Waals surface area contributed by atoms with E-state index >= 15 is 0 Å². The zero-order valence-electron chi connectivity index (χ0n) is 55.9. The number of benzene rings is 2. The Kier molecular flexibility index (Phi) is 32.4. The summed E-state index contributed by atoms with van der Waals surface area (Å²) in [5, 5.41) is 37.1. The molecule has 0 aromatic heterocycles. The molecule has 516 valence electrons. The number of aliphatic hydroxyl groups is 2. The number of hydrogen-bond acceptors (Lipinski definition) is 16. The summed E-state index contributed by atoms with van der Waals surface area (Å²) in [6, 6.07) is 8.48. The summed E-state index contributed by atoms with van der Waals surface area (Å²) < 4.78 is 17.5. The quantitative estimate of drug-likeness (QED) is 0.0343. The lowest BCUT2D eigenvalue weighted by Gasteiger charge is -2.41. The van der Waals surface area contributed by atoms with Crippen molar-refractivity contribution >= 4 is 71.0 Å². The van der Waals surface area contributed by atoms with Crippen LogP contribution >= 0.6 is 0 Å². The second kappa shape index (κ2) is 38.9. The van der Waals surface area contributed by atoms with Gasteiger partial charge in [0.05, 0.1) is 55.9 Å². The average Bonchev–Trinajstić information content (AvgIpc) is 1.92. The van der Waals surface area contributed by atoms with Crippen molar-refractivity contribution in [2.45, 2.75) is 180 Å². The Balaban J connectivity index is 1.35. The first kappa shape index (κ1) is 77.4. The van der Waals surface area contributed by atoms with E-state index in [1.165, 1.54) is 50.5 Å². The minimum atomic E-state index is -1.50. The molecule has 2 aromatic carbocycles. The molecule has 12 amide bonds. The van der Waals surface area contributed by atoms with Crippen molar-refractivity contribution in [2.75, 3.05) is 66.5 Å². The maximum absolute atomic E-state index is 14.7. The number of rotatable bonds is 39. The maximum Gasteiger partial charge on any atom is 0.410 e. The van der Waals surface area contributed by atoms with E-state index in [0.29, 0.717) is 62.7 Å². The molecular formula is C66H101N11O16. The fourth-order valence-corrected chi connectivity index (χ4v) is 11.6. The number of imide groups is 1. The number of nitrogens with one attached hydrogen (secondary N) is 6. The Morgan fingerprint density at radius 2 is 1.38 bits per heavy atom. The molecule has 11 atom stereocenters. The lowest BCUT2D eigenvalue weighted by Crippen LogP contribution is -2.60. The summed E-state index contributed by atoms with van der Waals surface area (Å²) >= 11 is 0. The van der Waals surface area contributed by atoms with Gasteiger partial charge >= 0.3 is 12.1 Å². The fraction of sp³-hybridized carbons (Fsp3) is 0.621. The van der Waals surface area contributed by atoms with Crippen molar-refractivity contribution in [3.63, 3.8) is 0 Å². The van der Waals surface area contributed by atoms with Crippen LogP contribution in [0.5, 0.6) is 0 Å². The number of methoxy groups -OCH3 is 2. The van der Waals surface area contributed by atoms with Gasteiger partial charge in [0, 0.05) is 72.2 Å². The third kappa shape index (κ3) is 23.5. The zero-order valence-corrected chi connectivity index (χ0v) is 55.9. The Morgan fingerprint density at radius 1 is 0.720 bits per heavy atom. The van der Waals surface area contributed by atoms with E-state index in [4.69, 9.17) is 19.9 Å². The van der Waals surface area contributed by atoms with Crippen LogP contribution in [0.1, 0.15) is 124 Å². The zero-order chi connectivity index (χ0) is 69.1. The Labute approximate surface area is 546 Å². The minimum Gasteiger partial charge on any atom is -0.445 e. The first-order valence-electron chi connectivity index (χ1n) is 32.2. The summed E-state index contributed by atoms with van der Waals surface area (Å²) in [6.45, 7) is 11.9. The molecule has 1 fully saturated rings. The lowest BCUT2D eigenvalue weighted by atomic mass is 9.89. The highest BCUT2D eigenvalue weighted by Gasteiger charge is 2.44. The van der Waals surface area contributed by atoms with Gasteiger partial charge in [-0.25, -0.2) is 9.59 Å². The second-order valence-corrected chi connectivity index (χ2v) is 24.7. The van der Waals surface area contributed by atoms with Gasteiger partial charge in [-0.1, -0.05) is 104 Å². The molecule has 93 heavy (non-hydrogen) atoms. The number of primary amides is 1. The third-order valence-corrected chi connectivity index (χ3v) is 17.2. The lowest BCUT2D eigenvalue weighted by molar-refractivity contribution is -0.148. The van der Waals surface area contributed by atoms with E-state index in [9.17, 15) is 63.0 Å². The number of hydrogen-bond donors (Lipinski definition) is 9. The molecule has 2 heterocycles. The minimum absolute atomic E-state index is 0.0681. The van der Waals surface area contributed by atoms with Crippen LogP contribution in [0.25, 0.3) is 0 Å². The van der Waals surface area contributed by atoms with Gasteiger partial charge in [0.1, 0.15) is 30.8 Å². The Bertz CT molecular complexity index is 2820. The first-order chi connectivity index (χ1) is 44.2. The molecule has 10 N–H and O–H groups in total. The third-order valence-electron chi connectivity index (χ3n) is 17.2. The number of urea groups is 1. The number of nitrogens with zero attached hydrogens (tertiary/aromatic N) is 4. The standard InChI is InChI=1S/C66H101N11O16/c1-12-42(6)58(51(91-10)36-55(83)76-34-20-24-49(76)59(92-11)43(7)60(84)70-47(37-78)35-44-21-15-13-16-22-44)75(9)64(88)57(41(4)5)73-62(86)50(38-79)74(8)66(90)93-39-45-26-28-46(29-27-45)69-61(85)48(23-19-32-68-65(67)89)71-63(87)56(40(2)3)72-52(80)25-17-14-18-33-77-53(81)30-31-54(77)82/h13,15-16,21-22,26-31,40-43,47-51,56-59,78-79H,12,14,17-20,23-25,32-39H2,1-11H3,(H,69,85)(H,70,84)(H,71,87)(H,72,80)(H,73,86)(H3,67,68,89)/t42-,43+,47-,48-,49-,50+,51+,56-,57-,58-,59+/m0/s1. The molecule has 27 heteroatoms. The smallest absolute Gasteiger partial charge is 0.410 e. The number of ether oxygens (including phenoxy) is 3. The summed E-state index contributed by atoms with van der Waals surface area (Å²) in [4.78, 5) is 151. The number of likely N-dealkylation sites (N-methyl/N-ethyl adjacent to an activating group) is 2. The predicted octanol–water partition coefficient (Wildman–Crippen LogP) is 2.89. The van der Waals surface area contributed by atoms with Gasteiger partial charge in [-0.15, -0.1) is 0 Å². The number of carbonyl (C=O) groups excluding carboxylic acids is 11. The highest BCUT2D eigenvalue weighted by Crippen LogP contribution is 2.30. The van der Waals surface area contributed by atoms with Crippen molar-refractivity contribution in [2.24, 2.45) is 29.4 Å². The number of unbranched alkanes of at least 4 members (excludes halogenated alkanes) is 2. The largest absolute Gasteiger partial charge is 0.445 e. The van der Waals surface area contributed by atoms with Crippen molar-refractivity contribution in [3.8, 4) is 0 Å². The number of aliphatic hydroxyl groups excluding tert-OH is 2. The number of carbonyl (C=O) groups is 11. The molecular weight excluding hydrogens is 1200 g/mol. The molecule has 4 rings (SSSR count). The maximum atomic E-state index is 14.7. The van der Waals surface area contributed by atoms with Crippen molar-refractivity contribution in [1.82, 2.24) is 46.2 Å². The molecule has 2 aliphatic rings. The molecule has 27 nitrogen and oxygen atoms in total. The molecule has 1 saturated heterocycles. The van der Waals surface area contributed by atoms with Gasteiger partial charge in [-0.05, 0) is 86.0 Å². The topological polar surface area (TPSA) is 367 Å². The molecule has 0 spiro atoms. The van der Waals surface area contributed by atoms with Crippen molar-refractivity contribution in [1.29, 1.82) is 0 Å². The van der Waals surface area contributed by atoms with Gasteiger partial charge in [-0.2, -0.15) is 0 Å². The molecule has 2 aromatic rings. The van der Waals surface area contributed by atoms with Crippen LogP contribution < -0.4 is 37.6 Å². The summed E-state index contributed by atoms with van der Waals surface area (Å²) in [5.41, 5.74) is 6.95. The molecule has 0 aliphatic carbocycles. The van der Waals surface area contributed by atoms with Gasteiger partial charge in [-0.3, -0.25) is 53.0 Å². The number of anilines is 1. The van der Waals surface area contributed by atoms with Crippen molar-refractivity contribution < 1.29 is 77.2 Å². The molecule has 0 saturated carbocycles. The van der Waals surface area contributed by atoms with Gasteiger partial charge < -0.3 is 71.9 Å². The normalized spacial score (nSPS) is 17.0. The van der Waals surface area contributed by atoms with Gasteiger partial charge in [0.2, 0.25) is 41.4 Å². The second-order valence-electron chi connectivity index (χ2n) is 24.7. The SMILES string of the molecule is CC[C@H](C)[C@@H]([C@@H](CC(=O)N1CCC[C@H]1[C@H](OC)[C@@H](C)C(=O)N[C@H](CO)Cc1ccccc1)OC)N(C)C(=O)[C@@H](NC(=O)[C@@H](CO)N(C)C(=O)OCc1ccc(NC(=O)[C@H](CCCNC(N)=O)NC(=O)[C@@H](NC(=O)CCCCCN2C(=O)C=CC2=O)C(C)C)cc1)C(C)C. The van der Waals surface area contributed by atoms with Crippen LogP contribution in [-0.2, 0) is 70.4 Å². The van der Waals surface area contributed by atoms with Crippen LogP contribution in [0, 0.1) is 23.7 Å². The van der Waals surface area contributed by atoms with E-state index in [2.05, 4.69) is 31.9 Å². The van der Waals surface area contributed by atoms with Gasteiger partial charge in [0.15, 0.2) is 0 Å². The average molecular weight is 1300 g/mol. The van der Waals surface area contributed by atoms with E-state index in [1.807, 2.05) is 44.2 Å². The number of amides is 12. The predicted molar refractivity (Wildman–Crippen MR) is 346 cm³/mol. The van der Waals surface area contributed by atoms with Crippen LogP contribution in [0.4, 0.5) is 15.3 Å². The van der Waals surface area contributed by atoms with Crippen LogP contribution in [0.2, 0.25) is 0 Å². The van der Waals surface area contributed by atoms with E-state index in [-0.39, 0.29) is 87.5 Å². The van der Waals surface area contributed by atoms with Crippen LogP contribution in [-0.4, -0.2) is 211 Å². The summed E-state index contributed by atoms with van der Waals surface area (Å²) in [7, 11) is 5.82. The van der Waals surface area contributed by atoms with E-state index in [1.54, 1.807) is 58.7 Å². The summed E-state index contributed by atoms with van der Waals surface area (Å²) in [5.74, 6) is -6.09. The van der Waals surface area contributed by atoms with E-state index < -0.39 is 115 Å². The summed E-state index contributed by atoms with van der Waals surface area (Å²) in [6.07, 6.45) is 3.96. The highest BCUT2D eigenvalue weighted by molar-refractivity contribution is 6.12. The van der Waals surface area contributed by atoms with Gasteiger partial charge in [0.25, 0.3) is 11.8 Å². The number of likely N-dealkylation sites (tertiary alicyclic amines) is 1. The molecule has 0 unspecified atom stereocenters. The molecule has 2 aliphatic heterocycles. The Hall–Kier alpha value is -8.01. The first-order valence-corrected chi connectivity index (χ1v) is 32.2. The Morgan fingerprint density at radius 3 is 1.96 bits per heavy atom. The number of nitrogens with two attached hydrogens (primary N) is 1. The van der Waals surface area contributed by atoms with Crippen LogP contribution in [0.3, 0.4) is 0 Å². The van der Waals surface area contributed by atoms with E-state index in [0.717, 1.165) is 15.4 Å². The fourth-order valence-electron chi connectivity index (χ4n) is 11.6. The monoisotopic (exact) mass is 1300 g/mol. The highest BCUT2D eigenvalue weighted by atomic mass is 16.6. The molecule has 0 radical (unpaired) electrons. The molecule has 0 bridgehead atoms. The van der Waals surface area contributed by atoms with Crippen molar-refractivity contribution in [3.05, 3.63) is 77.9 Å². The van der Waals surface area contributed by atoms with Crippen LogP contribution in [0.15, 0.2) is 66.7 Å².